The Balaban J connectivity index is 1.96. The first kappa shape index (κ1) is 15.0. The van der Waals surface area contributed by atoms with E-state index >= 15 is 0 Å². The van der Waals surface area contributed by atoms with Gasteiger partial charge in [-0.25, -0.2) is 0 Å². The highest BCUT2D eigenvalue weighted by molar-refractivity contribution is 5.94. The van der Waals surface area contributed by atoms with Crippen molar-refractivity contribution in [2.45, 2.75) is 25.4 Å². The van der Waals surface area contributed by atoms with Crippen LogP contribution in [0.4, 0.5) is 0 Å². The molecule has 1 atom stereocenters. The van der Waals surface area contributed by atoms with E-state index in [1.807, 2.05) is 12.1 Å². The van der Waals surface area contributed by atoms with E-state index in [-0.39, 0.29) is 17.7 Å². The number of rotatable bonds is 4. The summed E-state index contributed by atoms with van der Waals surface area (Å²) in [5.41, 5.74) is 1.51. The van der Waals surface area contributed by atoms with Gasteiger partial charge < -0.3 is 15.5 Å². The van der Waals surface area contributed by atoms with Crippen molar-refractivity contribution in [2.75, 3.05) is 14.1 Å². The van der Waals surface area contributed by atoms with Crippen LogP contribution >= 0.6 is 0 Å². The number of benzene rings is 1. The molecule has 0 radical (unpaired) electrons. The highest BCUT2D eigenvalue weighted by Gasteiger charge is 2.29. The van der Waals surface area contributed by atoms with Crippen LogP contribution in [0.25, 0.3) is 0 Å². The summed E-state index contributed by atoms with van der Waals surface area (Å²) in [4.78, 5) is 36.3. The number of hydrogen-bond acceptors (Lipinski definition) is 3. The second-order valence-electron chi connectivity index (χ2n) is 5.13. The number of nitrogens with one attached hydrogen (secondary N) is 2. The number of carbonyl (C=O) groups is 3. The fourth-order valence-electron chi connectivity index (χ4n) is 2.32. The molecule has 0 aliphatic carbocycles. The van der Waals surface area contributed by atoms with Crippen LogP contribution in [0.5, 0.6) is 0 Å². The molecule has 0 spiro atoms. The van der Waals surface area contributed by atoms with Crippen molar-refractivity contribution < 1.29 is 14.4 Å². The molecule has 2 rings (SSSR count). The second-order valence-corrected chi connectivity index (χ2v) is 5.13. The van der Waals surface area contributed by atoms with E-state index < -0.39 is 6.04 Å². The maximum Gasteiger partial charge on any atom is 0.251 e. The molecule has 1 heterocycles. The number of carbonyl (C=O) groups excluding carboxylic acids is 3. The zero-order valence-corrected chi connectivity index (χ0v) is 12.2. The van der Waals surface area contributed by atoms with Crippen molar-refractivity contribution in [3.8, 4) is 0 Å². The van der Waals surface area contributed by atoms with Crippen molar-refractivity contribution in [1.82, 2.24) is 15.5 Å². The number of hydrogen-bond donors (Lipinski definition) is 2. The van der Waals surface area contributed by atoms with Crippen molar-refractivity contribution in [3.05, 3.63) is 35.4 Å². The van der Waals surface area contributed by atoms with Crippen LogP contribution in [-0.2, 0) is 16.1 Å². The Morgan fingerprint density at radius 3 is 2.52 bits per heavy atom. The van der Waals surface area contributed by atoms with Gasteiger partial charge in [0.15, 0.2) is 0 Å². The lowest BCUT2D eigenvalue weighted by atomic mass is 10.1. The average Bonchev–Trinajstić information content (AvgIpc) is 2.93. The van der Waals surface area contributed by atoms with E-state index in [1.165, 1.54) is 0 Å². The molecule has 0 saturated carbocycles. The van der Waals surface area contributed by atoms with Gasteiger partial charge in [-0.1, -0.05) is 12.1 Å². The molecule has 2 N–H and O–H groups in total. The molecule has 1 saturated heterocycles. The van der Waals surface area contributed by atoms with Crippen molar-refractivity contribution in [3.63, 3.8) is 0 Å². The fraction of sp³-hybridized carbons (Fsp3) is 0.400. The van der Waals surface area contributed by atoms with Crippen LogP contribution in [0, 0.1) is 0 Å². The smallest absolute Gasteiger partial charge is 0.251 e. The van der Waals surface area contributed by atoms with Crippen molar-refractivity contribution in [2.24, 2.45) is 0 Å². The summed E-state index contributed by atoms with van der Waals surface area (Å²) in [7, 11) is 3.29. The first-order valence-electron chi connectivity index (χ1n) is 6.86. The van der Waals surface area contributed by atoms with Crippen LogP contribution < -0.4 is 10.6 Å². The van der Waals surface area contributed by atoms with Gasteiger partial charge in [0.1, 0.15) is 6.04 Å². The van der Waals surface area contributed by atoms with Crippen LogP contribution in [0.1, 0.15) is 28.8 Å². The van der Waals surface area contributed by atoms with Crippen LogP contribution in [0.15, 0.2) is 24.3 Å². The van der Waals surface area contributed by atoms with Gasteiger partial charge in [-0.05, 0) is 24.1 Å². The lowest BCUT2D eigenvalue weighted by Gasteiger charge is -2.21. The minimum absolute atomic E-state index is 0.0725. The Labute approximate surface area is 123 Å². The van der Waals surface area contributed by atoms with E-state index in [0.29, 0.717) is 24.9 Å². The molecule has 1 fully saturated rings. The highest BCUT2D eigenvalue weighted by atomic mass is 16.2. The molecule has 3 amide bonds. The molecule has 112 valence electrons. The standard InChI is InChI=1S/C15H19N3O3/c1-16-14(20)11-5-3-10(4-6-11)9-18(2)15(21)12-7-8-13(19)17-12/h3-6,12H,7-9H2,1-2H3,(H,16,20)(H,17,19)/t12-/m0/s1. The number of likely N-dealkylation sites (N-methyl/N-ethyl adjacent to an activating group) is 1. The maximum absolute atomic E-state index is 12.2. The Hall–Kier alpha value is -2.37. The third kappa shape index (κ3) is 3.59. The summed E-state index contributed by atoms with van der Waals surface area (Å²) in [5.74, 6) is -0.299. The summed E-state index contributed by atoms with van der Waals surface area (Å²) in [6, 6.07) is 6.68. The van der Waals surface area contributed by atoms with Crippen LogP contribution in [-0.4, -0.2) is 42.8 Å². The quantitative estimate of drug-likeness (QED) is 0.836. The van der Waals surface area contributed by atoms with Gasteiger partial charge in [0.05, 0.1) is 0 Å². The summed E-state index contributed by atoms with van der Waals surface area (Å²) in [6.45, 7) is 0.444. The molecule has 0 aromatic heterocycles. The Kier molecular flexibility index (Phi) is 4.57. The molecular weight excluding hydrogens is 270 g/mol. The van der Waals surface area contributed by atoms with Crippen LogP contribution in [0.3, 0.4) is 0 Å². The van der Waals surface area contributed by atoms with Crippen molar-refractivity contribution in [1.29, 1.82) is 0 Å². The summed E-state index contributed by atoms with van der Waals surface area (Å²) in [6.07, 6.45) is 0.961. The summed E-state index contributed by atoms with van der Waals surface area (Å²) in [5, 5.41) is 5.23. The van der Waals surface area contributed by atoms with E-state index in [4.69, 9.17) is 0 Å². The molecule has 21 heavy (non-hydrogen) atoms. The maximum atomic E-state index is 12.2. The average molecular weight is 289 g/mol. The highest BCUT2D eigenvalue weighted by Crippen LogP contribution is 2.12. The lowest BCUT2D eigenvalue weighted by molar-refractivity contribution is -0.133. The molecule has 1 aliphatic heterocycles. The third-order valence-corrected chi connectivity index (χ3v) is 3.53. The predicted molar refractivity (Wildman–Crippen MR) is 77.5 cm³/mol. The summed E-state index contributed by atoms with van der Waals surface area (Å²) >= 11 is 0. The Bertz CT molecular complexity index is 554. The minimum Gasteiger partial charge on any atom is -0.355 e. The van der Waals surface area contributed by atoms with Crippen molar-refractivity contribution >= 4 is 17.7 Å². The van der Waals surface area contributed by atoms with Gasteiger partial charge >= 0.3 is 0 Å². The number of nitrogens with zero attached hydrogens (tertiary/aromatic N) is 1. The van der Waals surface area contributed by atoms with Gasteiger partial charge in [0.25, 0.3) is 5.91 Å². The van der Waals surface area contributed by atoms with E-state index in [2.05, 4.69) is 10.6 Å². The zero-order valence-electron chi connectivity index (χ0n) is 12.2. The molecule has 1 aromatic rings. The van der Waals surface area contributed by atoms with Gasteiger partial charge in [-0.2, -0.15) is 0 Å². The predicted octanol–water partition coefficient (Wildman–Crippen LogP) is 0.283. The Morgan fingerprint density at radius 2 is 2.00 bits per heavy atom. The lowest BCUT2D eigenvalue weighted by Crippen LogP contribution is -2.42. The molecule has 0 unspecified atom stereocenters. The molecule has 0 bridgehead atoms. The zero-order chi connectivity index (χ0) is 15.4. The molecular formula is C15H19N3O3. The SMILES string of the molecule is CNC(=O)c1ccc(CN(C)C(=O)[C@@H]2CCC(=O)N2)cc1. The van der Waals surface area contributed by atoms with Gasteiger partial charge in [-0.15, -0.1) is 0 Å². The van der Waals surface area contributed by atoms with Crippen LogP contribution in [0.2, 0.25) is 0 Å². The van der Waals surface area contributed by atoms with Gasteiger partial charge in [0.2, 0.25) is 11.8 Å². The first-order chi connectivity index (χ1) is 10.0. The topological polar surface area (TPSA) is 78.5 Å². The minimum atomic E-state index is -0.410. The van der Waals surface area contributed by atoms with E-state index in [0.717, 1.165) is 5.56 Å². The number of amides is 3. The molecule has 6 nitrogen and oxygen atoms in total. The largest absolute Gasteiger partial charge is 0.355 e. The first-order valence-corrected chi connectivity index (χ1v) is 6.86. The van der Waals surface area contributed by atoms with Gasteiger partial charge in [-0.3, -0.25) is 14.4 Å². The fourth-order valence-corrected chi connectivity index (χ4v) is 2.32. The monoisotopic (exact) mass is 289 g/mol. The third-order valence-electron chi connectivity index (χ3n) is 3.53. The molecule has 6 heteroatoms. The van der Waals surface area contributed by atoms with E-state index in [9.17, 15) is 14.4 Å². The Morgan fingerprint density at radius 1 is 1.33 bits per heavy atom. The normalized spacial score (nSPS) is 17.2. The molecule has 1 aliphatic rings. The van der Waals surface area contributed by atoms with E-state index in [1.54, 1.807) is 31.1 Å². The van der Waals surface area contributed by atoms with Gasteiger partial charge in [0, 0.05) is 32.6 Å². The summed E-state index contributed by atoms with van der Waals surface area (Å²) < 4.78 is 0. The molecule has 1 aromatic carbocycles. The second kappa shape index (κ2) is 6.39.